The molecule has 3 heteroatoms. The van der Waals surface area contributed by atoms with E-state index in [1.807, 2.05) is 13.8 Å². The van der Waals surface area contributed by atoms with Crippen molar-refractivity contribution in [2.24, 2.45) is 0 Å². The zero-order valence-electron chi connectivity index (χ0n) is 12.0. The van der Waals surface area contributed by atoms with Crippen molar-refractivity contribution in [1.29, 1.82) is 0 Å². The first kappa shape index (κ1) is 14.5. The molecule has 0 saturated heterocycles. The first-order chi connectivity index (χ1) is 9.33. The highest BCUT2D eigenvalue weighted by molar-refractivity contribution is 5.14. The summed E-state index contributed by atoms with van der Waals surface area (Å²) in [6.45, 7) is 7.29. The number of benzene rings is 1. The van der Waals surface area contributed by atoms with E-state index in [0.717, 1.165) is 13.1 Å². The minimum atomic E-state index is -0.0979. The molecule has 1 aliphatic carbocycles. The maximum absolute atomic E-state index is 5.66. The van der Waals surface area contributed by atoms with Crippen molar-refractivity contribution in [3.63, 3.8) is 0 Å². The molecule has 0 N–H and O–H groups in total. The van der Waals surface area contributed by atoms with Crippen molar-refractivity contribution in [3.8, 4) is 0 Å². The summed E-state index contributed by atoms with van der Waals surface area (Å²) >= 11 is 0. The summed E-state index contributed by atoms with van der Waals surface area (Å²) in [6.07, 6.45) is 2.51. The minimum absolute atomic E-state index is 0.0979. The van der Waals surface area contributed by atoms with E-state index in [9.17, 15) is 0 Å². The van der Waals surface area contributed by atoms with Gasteiger partial charge in [0.25, 0.3) is 0 Å². The van der Waals surface area contributed by atoms with E-state index >= 15 is 0 Å². The maximum Gasteiger partial charge on any atom is 0.170 e. The van der Waals surface area contributed by atoms with Gasteiger partial charge in [-0.1, -0.05) is 30.3 Å². The Hall–Kier alpha value is -0.900. The van der Waals surface area contributed by atoms with E-state index < -0.39 is 0 Å². The molecule has 1 aromatic carbocycles. The van der Waals surface area contributed by atoms with Gasteiger partial charge in [-0.2, -0.15) is 0 Å². The van der Waals surface area contributed by atoms with Gasteiger partial charge in [0.15, 0.2) is 6.29 Å². The van der Waals surface area contributed by atoms with Crippen LogP contribution in [-0.4, -0.2) is 37.0 Å². The summed E-state index contributed by atoms with van der Waals surface area (Å²) in [6, 6.07) is 11.3. The largest absolute Gasteiger partial charge is 0.352 e. The summed E-state index contributed by atoms with van der Waals surface area (Å²) in [5.41, 5.74) is 1.36. The standard InChI is InChI=1S/C16H25NO2/c1-3-18-16(19-4-2)13-17(15-10-11-15)12-14-8-6-5-7-9-14/h5-9,15-16H,3-4,10-13H2,1-2H3. The predicted octanol–water partition coefficient (Wildman–Crippen LogP) is 3.05. The molecule has 0 heterocycles. The normalized spacial score (nSPS) is 15.4. The maximum atomic E-state index is 5.66. The molecule has 106 valence electrons. The molecule has 1 aliphatic rings. The lowest BCUT2D eigenvalue weighted by Gasteiger charge is -2.27. The van der Waals surface area contributed by atoms with Gasteiger partial charge in [0.05, 0.1) is 6.54 Å². The number of hydrogen-bond donors (Lipinski definition) is 0. The van der Waals surface area contributed by atoms with Gasteiger partial charge in [0, 0.05) is 25.8 Å². The van der Waals surface area contributed by atoms with Crippen LogP contribution in [0.4, 0.5) is 0 Å². The van der Waals surface area contributed by atoms with E-state index in [0.29, 0.717) is 19.3 Å². The van der Waals surface area contributed by atoms with Crippen molar-refractivity contribution in [1.82, 2.24) is 4.90 Å². The van der Waals surface area contributed by atoms with Crippen LogP contribution < -0.4 is 0 Å². The summed E-state index contributed by atoms with van der Waals surface area (Å²) in [4.78, 5) is 2.49. The highest BCUT2D eigenvalue weighted by Gasteiger charge is 2.30. The quantitative estimate of drug-likeness (QED) is 0.639. The van der Waals surface area contributed by atoms with Crippen LogP contribution in [0.15, 0.2) is 30.3 Å². The van der Waals surface area contributed by atoms with Crippen LogP contribution in [0.1, 0.15) is 32.3 Å². The lowest BCUT2D eigenvalue weighted by Crippen LogP contribution is -2.36. The first-order valence-corrected chi connectivity index (χ1v) is 7.34. The second-order valence-electron chi connectivity index (χ2n) is 4.99. The Labute approximate surface area is 116 Å². The van der Waals surface area contributed by atoms with Crippen LogP contribution in [0.3, 0.4) is 0 Å². The molecule has 1 saturated carbocycles. The third-order valence-electron chi connectivity index (χ3n) is 3.38. The van der Waals surface area contributed by atoms with Gasteiger partial charge in [-0.05, 0) is 32.3 Å². The van der Waals surface area contributed by atoms with Gasteiger partial charge in [0.1, 0.15) is 0 Å². The van der Waals surface area contributed by atoms with Gasteiger partial charge >= 0.3 is 0 Å². The zero-order chi connectivity index (χ0) is 13.5. The van der Waals surface area contributed by atoms with E-state index in [2.05, 4.69) is 35.2 Å². The number of hydrogen-bond acceptors (Lipinski definition) is 3. The van der Waals surface area contributed by atoms with Crippen molar-refractivity contribution < 1.29 is 9.47 Å². The van der Waals surface area contributed by atoms with Crippen LogP contribution in [-0.2, 0) is 16.0 Å². The molecule has 0 spiro atoms. The van der Waals surface area contributed by atoms with Crippen molar-refractivity contribution in [3.05, 3.63) is 35.9 Å². The van der Waals surface area contributed by atoms with E-state index in [1.54, 1.807) is 0 Å². The average molecular weight is 263 g/mol. The summed E-state index contributed by atoms with van der Waals surface area (Å²) in [7, 11) is 0. The number of nitrogens with zero attached hydrogens (tertiary/aromatic N) is 1. The lowest BCUT2D eigenvalue weighted by atomic mass is 10.2. The van der Waals surface area contributed by atoms with Crippen LogP contribution in [0, 0.1) is 0 Å². The summed E-state index contributed by atoms with van der Waals surface area (Å²) in [5.74, 6) is 0. The molecular weight excluding hydrogens is 238 g/mol. The molecule has 19 heavy (non-hydrogen) atoms. The molecule has 0 amide bonds. The molecule has 3 nitrogen and oxygen atoms in total. The third-order valence-corrected chi connectivity index (χ3v) is 3.38. The highest BCUT2D eigenvalue weighted by atomic mass is 16.7. The zero-order valence-corrected chi connectivity index (χ0v) is 12.0. The van der Waals surface area contributed by atoms with Gasteiger partial charge < -0.3 is 9.47 Å². The van der Waals surface area contributed by atoms with Crippen LogP contribution in [0.5, 0.6) is 0 Å². The molecule has 0 radical (unpaired) electrons. The van der Waals surface area contributed by atoms with Gasteiger partial charge in [0.2, 0.25) is 0 Å². The molecule has 0 atom stereocenters. The number of rotatable bonds is 9. The van der Waals surface area contributed by atoms with Crippen LogP contribution in [0.2, 0.25) is 0 Å². The fourth-order valence-corrected chi connectivity index (χ4v) is 2.32. The summed E-state index contributed by atoms with van der Waals surface area (Å²) in [5, 5.41) is 0. The SMILES string of the molecule is CCOC(CN(Cc1ccccc1)C1CC1)OCC. The third kappa shape index (κ3) is 4.94. The molecule has 1 fully saturated rings. The van der Waals surface area contributed by atoms with E-state index in [4.69, 9.17) is 9.47 Å². The average Bonchev–Trinajstić information content (AvgIpc) is 3.24. The Morgan fingerprint density at radius 1 is 1.11 bits per heavy atom. The fraction of sp³-hybridized carbons (Fsp3) is 0.625. The van der Waals surface area contributed by atoms with Crippen LogP contribution in [0.25, 0.3) is 0 Å². The Kier molecular flexibility index (Phi) is 5.83. The van der Waals surface area contributed by atoms with Gasteiger partial charge in [-0.15, -0.1) is 0 Å². The summed E-state index contributed by atoms with van der Waals surface area (Å²) < 4.78 is 11.3. The molecule has 0 aromatic heterocycles. The van der Waals surface area contributed by atoms with Crippen LogP contribution >= 0.6 is 0 Å². The molecule has 0 aliphatic heterocycles. The van der Waals surface area contributed by atoms with Crippen molar-refractivity contribution in [2.75, 3.05) is 19.8 Å². The topological polar surface area (TPSA) is 21.7 Å². The lowest BCUT2D eigenvalue weighted by molar-refractivity contribution is -0.148. The highest BCUT2D eigenvalue weighted by Crippen LogP contribution is 2.28. The molecule has 2 rings (SSSR count). The molecule has 1 aromatic rings. The van der Waals surface area contributed by atoms with E-state index in [-0.39, 0.29) is 6.29 Å². The van der Waals surface area contributed by atoms with E-state index in [1.165, 1.54) is 18.4 Å². The Balaban J connectivity index is 1.91. The van der Waals surface area contributed by atoms with Gasteiger partial charge in [-0.25, -0.2) is 0 Å². The Bertz CT molecular complexity index is 345. The number of ether oxygens (including phenoxy) is 2. The monoisotopic (exact) mass is 263 g/mol. The minimum Gasteiger partial charge on any atom is -0.352 e. The second-order valence-corrected chi connectivity index (χ2v) is 4.99. The first-order valence-electron chi connectivity index (χ1n) is 7.34. The second kappa shape index (κ2) is 7.63. The molecule has 0 bridgehead atoms. The van der Waals surface area contributed by atoms with Gasteiger partial charge in [-0.3, -0.25) is 4.90 Å². The smallest absolute Gasteiger partial charge is 0.170 e. The Morgan fingerprint density at radius 3 is 2.26 bits per heavy atom. The fourth-order valence-electron chi connectivity index (χ4n) is 2.32. The molecule has 0 unspecified atom stereocenters. The van der Waals surface area contributed by atoms with Crippen molar-refractivity contribution >= 4 is 0 Å². The predicted molar refractivity (Wildman–Crippen MR) is 76.9 cm³/mol. The Morgan fingerprint density at radius 2 is 1.74 bits per heavy atom. The van der Waals surface area contributed by atoms with Crippen molar-refractivity contribution in [2.45, 2.75) is 45.6 Å². The molecular formula is C16H25NO2.